The van der Waals surface area contributed by atoms with Crippen LogP contribution in [0.5, 0.6) is 0 Å². The Morgan fingerprint density at radius 1 is 1.26 bits per heavy atom. The molecule has 0 radical (unpaired) electrons. The molecule has 0 unspecified atom stereocenters. The van der Waals surface area contributed by atoms with Crippen molar-refractivity contribution in [1.82, 2.24) is 10.3 Å². The van der Waals surface area contributed by atoms with Crippen molar-refractivity contribution in [2.75, 3.05) is 0 Å². The molecular formula is C16H20N2S. The number of aromatic nitrogens is 1. The summed E-state index contributed by atoms with van der Waals surface area (Å²) in [6.45, 7) is 5.31. The van der Waals surface area contributed by atoms with Crippen molar-refractivity contribution in [3.05, 3.63) is 51.0 Å². The largest absolute Gasteiger partial charge is 0.309 e. The van der Waals surface area contributed by atoms with Gasteiger partial charge in [-0.1, -0.05) is 18.2 Å². The van der Waals surface area contributed by atoms with Gasteiger partial charge in [0.15, 0.2) is 0 Å². The van der Waals surface area contributed by atoms with Crippen molar-refractivity contribution in [2.24, 2.45) is 0 Å². The second kappa shape index (κ2) is 5.43. The Bertz CT molecular complexity index is 570. The number of aryl methyl sites for hydroxylation is 2. The van der Waals surface area contributed by atoms with Crippen LogP contribution in [0.4, 0.5) is 0 Å². The molecule has 0 spiro atoms. The Kier molecular flexibility index (Phi) is 3.67. The molecule has 0 bridgehead atoms. The minimum absolute atomic E-state index is 0.769. The molecule has 1 aliphatic rings. The van der Waals surface area contributed by atoms with Crippen LogP contribution in [-0.2, 0) is 13.0 Å². The van der Waals surface area contributed by atoms with Crippen molar-refractivity contribution in [3.63, 3.8) is 0 Å². The molecule has 3 heteroatoms. The summed E-state index contributed by atoms with van der Waals surface area (Å²) < 4.78 is 0. The van der Waals surface area contributed by atoms with E-state index in [0.717, 1.165) is 19.0 Å². The van der Waals surface area contributed by atoms with Crippen LogP contribution in [0.15, 0.2) is 24.4 Å². The molecule has 1 aromatic heterocycles. The van der Waals surface area contributed by atoms with E-state index >= 15 is 0 Å². The van der Waals surface area contributed by atoms with Gasteiger partial charge in [0.2, 0.25) is 0 Å². The SMILES string of the molecule is Cc1ccc(Cc2ncc(CNC3CC3)s2)cc1C. The van der Waals surface area contributed by atoms with Crippen LogP contribution in [0.25, 0.3) is 0 Å². The summed E-state index contributed by atoms with van der Waals surface area (Å²) in [5, 5.41) is 4.76. The maximum atomic E-state index is 4.54. The third kappa shape index (κ3) is 3.43. The molecule has 1 fully saturated rings. The van der Waals surface area contributed by atoms with E-state index in [-0.39, 0.29) is 0 Å². The number of hydrogen-bond donors (Lipinski definition) is 1. The van der Waals surface area contributed by atoms with Gasteiger partial charge in [0, 0.05) is 30.1 Å². The maximum absolute atomic E-state index is 4.54. The van der Waals surface area contributed by atoms with Crippen molar-refractivity contribution in [1.29, 1.82) is 0 Å². The Labute approximate surface area is 118 Å². The number of hydrogen-bond acceptors (Lipinski definition) is 3. The van der Waals surface area contributed by atoms with Gasteiger partial charge in [-0.15, -0.1) is 11.3 Å². The highest BCUT2D eigenvalue weighted by Crippen LogP contribution is 2.22. The summed E-state index contributed by atoms with van der Waals surface area (Å²) in [6, 6.07) is 7.46. The highest BCUT2D eigenvalue weighted by atomic mass is 32.1. The number of nitrogens with zero attached hydrogens (tertiary/aromatic N) is 1. The smallest absolute Gasteiger partial charge is 0.0972 e. The van der Waals surface area contributed by atoms with Crippen LogP contribution >= 0.6 is 11.3 Å². The normalized spacial score (nSPS) is 14.8. The Morgan fingerprint density at radius 2 is 2.11 bits per heavy atom. The molecule has 0 amide bonds. The molecule has 1 aromatic carbocycles. The minimum Gasteiger partial charge on any atom is -0.309 e. The first-order valence-corrected chi connectivity index (χ1v) is 7.75. The zero-order valence-electron chi connectivity index (χ0n) is 11.6. The summed E-state index contributed by atoms with van der Waals surface area (Å²) in [5.74, 6) is 0. The van der Waals surface area contributed by atoms with Crippen LogP contribution in [0, 0.1) is 13.8 Å². The molecule has 0 saturated heterocycles. The van der Waals surface area contributed by atoms with Crippen LogP contribution in [-0.4, -0.2) is 11.0 Å². The van der Waals surface area contributed by atoms with Gasteiger partial charge in [0.1, 0.15) is 0 Å². The Morgan fingerprint density at radius 3 is 2.84 bits per heavy atom. The van der Waals surface area contributed by atoms with Crippen LogP contribution in [0.1, 0.15) is 39.4 Å². The first-order valence-electron chi connectivity index (χ1n) is 6.94. The maximum Gasteiger partial charge on any atom is 0.0972 e. The van der Waals surface area contributed by atoms with E-state index in [2.05, 4.69) is 42.3 Å². The molecule has 100 valence electrons. The quantitative estimate of drug-likeness (QED) is 0.899. The lowest BCUT2D eigenvalue weighted by Gasteiger charge is -2.03. The van der Waals surface area contributed by atoms with Crippen LogP contribution in [0.2, 0.25) is 0 Å². The van der Waals surface area contributed by atoms with Crippen molar-refractivity contribution in [2.45, 2.75) is 45.7 Å². The van der Waals surface area contributed by atoms with Gasteiger partial charge < -0.3 is 5.32 Å². The topological polar surface area (TPSA) is 24.9 Å². The Balaban J connectivity index is 1.63. The zero-order chi connectivity index (χ0) is 13.2. The summed E-state index contributed by atoms with van der Waals surface area (Å²) in [6.07, 6.45) is 5.66. The summed E-state index contributed by atoms with van der Waals surface area (Å²) in [7, 11) is 0. The van der Waals surface area contributed by atoms with Gasteiger partial charge in [-0.05, 0) is 43.4 Å². The first-order chi connectivity index (χ1) is 9.20. The van der Waals surface area contributed by atoms with Gasteiger partial charge in [-0.25, -0.2) is 4.98 Å². The lowest BCUT2D eigenvalue weighted by Crippen LogP contribution is -2.14. The van der Waals surface area contributed by atoms with Gasteiger partial charge in [-0.2, -0.15) is 0 Å². The predicted molar refractivity (Wildman–Crippen MR) is 80.7 cm³/mol. The second-order valence-corrected chi connectivity index (χ2v) is 6.67. The number of nitrogens with one attached hydrogen (secondary N) is 1. The standard InChI is InChI=1S/C16H20N2S/c1-11-3-4-13(7-12(11)2)8-16-18-10-15(19-16)9-17-14-5-6-14/h3-4,7,10,14,17H,5-6,8-9H2,1-2H3. The summed E-state index contributed by atoms with van der Waals surface area (Å²) >= 11 is 1.83. The molecule has 1 N–H and O–H groups in total. The van der Waals surface area contributed by atoms with Gasteiger partial charge >= 0.3 is 0 Å². The van der Waals surface area contributed by atoms with Crippen LogP contribution in [0.3, 0.4) is 0 Å². The third-order valence-corrected chi connectivity index (χ3v) is 4.67. The van der Waals surface area contributed by atoms with E-state index in [1.807, 2.05) is 17.5 Å². The molecular weight excluding hydrogens is 252 g/mol. The van der Waals surface area contributed by atoms with Crippen molar-refractivity contribution in [3.8, 4) is 0 Å². The van der Waals surface area contributed by atoms with E-state index in [4.69, 9.17) is 0 Å². The molecule has 3 rings (SSSR count). The zero-order valence-corrected chi connectivity index (χ0v) is 12.4. The van der Waals surface area contributed by atoms with Gasteiger partial charge in [0.05, 0.1) is 5.01 Å². The average Bonchev–Trinajstić information content (AvgIpc) is 3.12. The fourth-order valence-electron chi connectivity index (χ4n) is 2.13. The molecule has 0 aliphatic heterocycles. The molecule has 1 saturated carbocycles. The fraction of sp³-hybridized carbons (Fsp3) is 0.438. The van der Waals surface area contributed by atoms with E-state index in [9.17, 15) is 0 Å². The molecule has 19 heavy (non-hydrogen) atoms. The Hall–Kier alpha value is -1.19. The minimum atomic E-state index is 0.769. The van der Waals surface area contributed by atoms with E-state index < -0.39 is 0 Å². The molecule has 1 aliphatic carbocycles. The van der Waals surface area contributed by atoms with E-state index in [0.29, 0.717) is 0 Å². The number of benzene rings is 1. The van der Waals surface area contributed by atoms with Gasteiger partial charge in [-0.3, -0.25) is 0 Å². The summed E-state index contributed by atoms with van der Waals surface area (Å²) in [4.78, 5) is 5.89. The number of thiazole rings is 1. The van der Waals surface area contributed by atoms with Gasteiger partial charge in [0.25, 0.3) is 0 Å². The van der Waals surface area contributed by atoms with E-state index in [1.54, 1.807) is 0 Å². The highest BCUT2D eigenvalue weighted by molar-refractivity contribution is 7.11. The molecule has 1 heterocycles. The average molecular weight is 272 g/mol. The first kappa shape index (κ1) is 12.8. The molecule has 0 atom stereocenters. The van der Waals surface area contributed by atoms with E-state index in [1.165, 1.54) is 39.4 Å². The predicted octanol–water partition coefficient (Wildman–Crippen LogP) is 3.60. The monoisotopic (exact) mass is 272 g/mol. The van der Waals surface area contributed by atoms with Crippen molar-refractivity contribution >= 4 is 11.3 Å². The highest BCUT2D eigenvalue weighted by Gasteiger charge is 2.20. The van der Waals surface area contributed by atoms with Crippen molar-refractivity contribution < 1.29 is 0 Å². The molecule has 2 aromatic rings. The van der Waals surface area contributed by atoms with Crippen LogP contribution < -0.4 is 5.32 Å². The second-order valence-electron chi connectivity index (χ2n) is 5.47. The third-order valence-electron chi connectivity index (χ3n) is 3.67. The molecule has 2 nitrogen and oxygen atoms in total. The summed E-state index contributed by atoms with van der Waals surface area (Å²) in [5.41, 5.74) is 4.08. The fourth-order valence-corrected chi connectivity index (χ4v) is 3.04. The lowest BCUT2D eigenvalue weighted by atomic mass is 10.0. The number of rotatable bonds is 5. The lowest BCUT2D eigenvalue weighted by molar-refractivity contribution is 0.694.